The molecule has 192 valence electrons. The number of para-hydroxylation sites is 1. The molecular formula is C30H35N5O2. The fourth-order valence-corrected chi connectivity index (χ4v) is 4.62. The molecule has 0 aliphatic rings. The Bertz CT molecular complexity index is 1420. The van der Waals surface area contributed by atoms with Gasteiger partial charge in [0.2, 0.25) is 5.95 Å². The highest BCUT2D eigenvalue weighted by molar-refractivity contribution is 5.95. The maximum Gasteiger partial charge on any atom is 0.227 e. The van der Waals surface area contributed by atoms with Gasteiger partial charge in [0.15, 0.2) is 5.78 Å². The molecule has 2 aromatic carbocycles. The minimum absolute atomic E-state index is 0.0219. The molecule has 0 fully saturated rings. The number of nitrogens with one attached hydrogen (secondary N) is 1. The molecule has 4 aromatic rings. The fourth-order valence-electron chi connectivity index (χ4n) is 4.62. The van der Waals surface area contributed by atoms with Gasteiger partial charge in [0, 0.05) is 42.3 Å². The number of carbonyl (C=O) groups excluding carboxylic acids is 1. The highest BCUT2D eigenvalue weighted by atomic mass is 16.5. The van der Waals surface area contributed by atoms with Crippen LogP contribution in [0, 0.1) is 0 Å². The van der Waals surface area contributed by atoms with E-state index in [2.05, 4.69) is 65.7 Å². The first kappa shape index (κ1) is 26.1. The number of fused-ring (bicyclic) bond motifs is 1. The summed E-state index contributed by atoms with van der Waals surface area (Å²) in [6.07, 6.45) is 6.45. The SMILES string of the molecule is C=CC(=O)Cc1cc(Nc2nccc(-c3cn(C)c4ccccc34)n2)c(OC)cc1C(C)CCN(C)C. The Kier molecular flexibility index (Phi) is 8.04. The number of nitrogens with zero attached hydrogens (tertiary/aromatic N) is 4. The topological polar surface area (TPSA) is 72.3 Å². The summed E-state index contributed by atoms with van der Waals surface area (Å²) in [6, 6.07) is 14.2. The number of rotatable bonds is 11. The lowest BCUT2D eigenvalue weighted by atomic mass is 9.89. The minimum Gasteiger partial charge on any atom is -0.495 e. The van der Waals surface area contributed by atoms with Gasteiger partial charge in [0.05, 0.1) is 18.5 Å². The van der Waals surface area contributed by atoms with Gasteiger partial charge in [0.25, 0.3) is 0 Å². The summed E-state index contributed by atoms with van der Waals surface area (Å²) < 4.78 is 7.86. The van der Waals surface area contributed by atoms with Crippen molar-refractivity contribution in [2.75, 3.05) is 33.1 Å². The van der Waals surface area contributed by atoms with Crippen LogP contribution in [0.15, 0.2) is 67.5 Å². The number of hydrogen-bond donors (Lipinski definition) is 1. The van der Waals surface area contributed by atoms with Crippen LogP contribution in [0.2, 0.25) is 0 Å². The normalized spacial score (nSPS) is 12.1. The Morgan fingerprint density at radius 3 is 2.76 bits per heavy atom. The van der Waals surface area contributed by atoms with Crippen molar-refractivity contribution >= 4 is 28.3 Å². The Labute approximate surface area is 218 Å². The first-order valence-electron chi connectivity index (χ1n) is 12.5. The predicted octanol–water partition coefficient (Wildman–Crippen LogP) is 5.74. The summed E-state index contributed by atoms with van der Waals surface area (Å²) in [4.78, 5) is 23.8. The average molecular weight is 498 g/mol. The van der Waals surface area contributed by atoms with Gasteiger partial charge in [-0.25, -0.2) is 9.97 Å². The molecule has 0 bridgehead atoms. The number of allylic oxidation sites excluding steroid dienone is 1. The van der Waals surface area contributed by atoms with Crippen molar-refractivity contribution in [1.82, 2.24) is 19.4 Å². The van der Waals surface area contributed by atoms with Crippen LogP contribution >= 0.6 is 0 Å². The highest BCUT2D eigenvalue weighted by Gasteiger charge is 2.18. The van der Waals surface area contributed by atoms with Gasteiger partial charge in [-0.15, -0.1) is 0 Å². The molecule has 0 aliphatic heterocycles. The molecule has 4 rings (SSSR count). The van der Waals surface area contributed by atoms with E-state index in [9.17, 15) is 4.79 Å². The third-order valence-electron chi connectivity index (χ3n) is 6.67. The summed E-state index contributed by atoms with van der Waals surface area (Å²) in [5.74, 6) is 1.37. The summed E-state index contributed by atoms with van der Waals surface area (Å²) >= 11 is 0. The first-order chi connectivity index (χ1) is 17.8. The van der Waals surface area contributed by atoms with E-state index in [1.54, 1.807) is 13.3 Å². The fraction of sp³-hybridized carbons (Fsp3) is 0.300. The number of methoxy groups -OCH3 is 1. The van der Waals surface area contributed by atoms with Crippen LogP contribution in [0.1, 0.15) is 30.4 Å². The van der Waals surface area contributed by atoms with Gasteiger partial charge < -0.3 is 19.5 Å². The van der Waals surface area contributed by atoms with Crippen LogP contribution in [-0.2, 0) is 18.3 Å². The molecule has 1 N–H and O–H groups in total. The van der Waals surface area contributed by atoms with E-state index in [4.69, 9.17) is 9.72 Å². The van der Waals surface area contributed by atoms with Crippen molar-refractivity contribution in [2.24, 2.45) is 7.05 Å². The minimum atomic E-state index is -0.0219. The van der Waals surface area contributed by atoms with Crippen molar-refractivity contribution in [3.8, 4) is 17.0 Å². The molecule has 0 aliphatic carbocycles. The van der Waals surface area contributed by atoms with Crippen LogP contribution in [0.4, 0.5) is 11.6 Å². The van der Waals surface area contributed by atoms with Crippen LogP contribution in [-0.4, -0.2) is 53.0 Å². The Morgan fingerprint density at radius 1 is 1.24 bits per heavy atom. The van der Waals surface area contributed by atoms with E-state index in [0.29, 0.717) is 17.4 Å². The second kappa shape index (κ2) is 11.4. The van der Waals surface area contributed by atoms with E-state index in [1.807, 2.05) is 37.4 Å². The zero-order valence-electron chi connectivity index (χ0n) is 22.3. The molecule has 0 saturated carbocycles. The monoisotopic (exact) mass is 497 g/mol. The molecule has 1 atom stereocenters. The maximum atomic E-state index is 12.4. The standard InChI is InChI=1S/C30H35N5O2/c1-7-22(36)16-21-17-27(29(37-6)18-24(21)20(2)13-15-34(3)4)33-30-31-14-12-26(32-30)25-19-35(5)28-11-9-8-10-23(25)28/h7-12,14,17-20H,1,13,15-16H2,2-6H3,(H,31,32,33). The van der Waals surface area contributed by atoms with Crippen LogP contribution in [0.3, 0.4) is 0 Å². The number of aromatic nitrogens is 3. The second-order valence-electron chi connectivity index (χ2n) is 9.65. The van der Waals surface area contributed by atoms with E-state index in [1.165, 1.54) is 6.08 Å². The van der Waals surface area contributed by atoms with Crippen LogP contribution in [0.25, 0.3) is 22.2 Å². The lowest BCUT2D eigenvalue weighted by Gasteiger charge is -2.21. The summed E-state index contributed by atoms with van der Waals surface area (Å²) in [6.45, 7) is 6.79. The largest absolute Gasteiger partial charge is 0.495 e. The summed E-state index contributed by atoms with van der Waals surface area (Å²) in [5.41, 5.74) is 5.77. The molecule has 0 amide bonds. The molecule has 2 heterocycles. The van der Waals surface area contributed by atoms with Crippen molar-refractivity contribution in [2.45, 2.75) is 25.7 Å². The maximum absolute atomic E-state index is 12.4. The number of hydrogen-bond acceptors (Lipinski definition) is 6. The Morgan fingerprint density at radius 2 is 2.03 bits per heavy atom. The lowest BCUT2D eigenvalue weighted by Crippen LogP contribution is -2.16. The second-order valence-corrected chi connectivity index (χ2v) is 9.65. The summed E-state index contributed by atoms with van der Waals surface area (Å²) in [7, 11) is 7.81. The molecule has 0 spiro atoms. The summed E-state index contributed by atoms with van der Waals surface area (Å²) in [5, 5.41) is 4.47. The zero-order valence-corrected chi connectivity index (χ0v) is 22.3. The van der Waals surface area contributed by atoms with Gasteiger partial charge in [0.1, 0.15) is 5.75 Å². The molecule has 7 nitrogen and oxygen atoms in total. The van der Waals surface area contributed by atoms with Gasteiger partial charge in [-0.05, 0) is 74.4 Å². The molecule has 0 radical (unpaired) electrons. The van der Waals surface area contributed by atoms with Crippen LogP contribution < -0.4 is 10.1 Å². The quantitative estimate of drug-likeness (QED) is 0.267. The number of ketones is 1. The molecule has 37 heavy (non-hydrogen) atoms. The van der Waals surface area contributed by atoms with Gasteiger partial charge in [-0.1, -0.05) is 31.7 Å². The number of ether oxygens (including phenoxy) is 1. The average Bonchev–Trinajstić information content (AvgIpc) is 3.24. The van der Waals surface area contributed by atoms with E-state index < -0.39 is 0 Å². The predicted molar refractivity (Wildman–Crippen MR) is 151 cm³/mol. The van der Waals surface area contributed by atoms with Gasteiger partial charge >= 0.3 is 0 Å². The Hall–Kier alpha value is -3.97. The van der Waals surface area contributed by atoms with Crippen molar-refractivity contribution in [3.63, 3.8) is 0 Å². The van der Waals surface area contributed by atoms with Crippen molar-refractivity contribution < 1.29 is 9.53 Å². The van der Waals surface area contributed by atoms with Crippen molar-refractivity contribution in [3.05, 3.63) is 78.6 Å². The van der Waals surface area contributed by atoms with E-state index >= 15 is 0 Å². The number of benzene rings is 2. The van der Waals surface area contributed by atoms with Gasteiger partial charge in [-0.3, -0.25) is 4.79 Å². The first-order valence-corrected chi connectivity index (χ1v) is 12.5. The molecule has 0 saturated heterocycles. The smallest absolute Gasteiger partial charge is 0.227 e. The molecule has 7 heteroatoms. The molecule has 2 aromatic heterocycles. The number of aryl methyl sites for hydroxylation is 1. The number of anilines is 2. The third-order valence-corrected chi connectivity index (χ3v) is 6.67. The molecule has 1 unspecified atom stereocenters. The number of carbonyl (C=O) groups is 1. The third kappa shape index (κ3) is 5.89. The van der Waals surface area contributed by atoms with Crippen LogP contribution in [0.5, 0.6) is 5.75 Å². The highest BCUT2D eigenvalue weighted by Crippen LogP contribution is 2.36. The van der Waals surface area contributed by atoms with Crippen molar-refractivity contribution in [1.29, 1.82) is 0 Å². The van der Waals surface area contributed by atoms with Gasteiger partial charge in [-0.2, -0.15) is 0 Å². The molecular weight excluding hydrogens is 462 g/mol. The lowest BCUT2D eigenvalue weighted by molar-refractivity contribution is -0.114. The zero-order chi connectivity index (χ0) is 26.5. The Balaban J connectivity index is 1.71. The van der Waals surface area contributed by atoms with E-state index in [-0.39, 0.29) is 18.1 Å². The van der Waals surface area contributed by atoms with E-state index in [0.717, 1.165) is 46.3 Å².